The highest BCUT2D eigenvalue weighted by atomic mass is 79.9. The van der Waals surface area contributed by atoms with Crippen LogP contribution in [0.2, 0.25) is 0 Å². The van der Waals surface area contributed by atoms with Gasteiger partial charge in [-0.05, 0) is 29.8 Å². The highest BCUT2D eigenvalue weighted by molar-refractivity contribution is 9.10. The number of nitrogens with zero attached hydrogens (tertiary/aromatic N) is 1. The lowest BCUT2D eigenvalue weighted by atomic mass is 10.5. The molecular formula is C6H10BrN3. The molecule has 0 aliphatic rings. The van der Waals surface area contributed by atoms with Crippen molar-refractivity contribution in [1.29, 1.82) is 0 Å². The fraction of sp³-hybridized carbons (Fsp3) is 0.500. The van der Waals surface area contributed by atoms with Crippen molar-refractivity contribution in [2.24, 2.45) is 0 Å². The molecule has 0 saturated heterocycles. The second-order valence-electron chi connectivity index (χ2n) is 2.03. The van der Waals surface area contributed by atoms with Gasteiger partial charge in [0.1, 0.15) is 5.82 Å². The summed E-state index contributed by atoms with van der Waals surface area (Å²) in [5, 5.41) is 10.00. The maximum Gasteiger partial charge on any atom is 0.136 e. The molecule has 1 rings (SSSR count). The number of H-pyrrole nitrogens is 1. The summed E-state index contributed by atoms with van der Waals surface area (Å²) in [5.74, 6) is 0.958. The first-order valence-corrected chi connectivity index (χ1v) is 3.99. The van der Waals surface area contributed by atoms with Gasteiger partial charge in [0.05, 0.1) is 10.2 Å². The third-order valence-corrected chi connectivity index (χ3v) is 2.20. The Labute approximate surface area is 68.3 Å². The summed E-state index contributed by atoms with van der Waals surface area (Å²) in [6, 6.07) is 0. The van der Waals surface area contributed by atoms with Gasteiger partial charge in [-0.1, -0.05) is 0 Å². The molecule has 2 N–H and O–H groups in total. The van der Waals surface area contributed by atoms with Gasteiger partial charge in [0.15, 0.2) is 0 Å². The fourth-order valence-corrected chi connectivity index (χ4v) is 1.03. The maximum atomic E-state index is 4.00. The van der Waals surface area contributed by atoms with E-state index < -0.39 is 0 Å². The largest absolute Gasteiger partial charge is 0.370 e. The summed E-state index contributed by atoms with van der Waals surface area (Å²) in [5.41, 5.74) is 0.982. The Morgan fingerprint density at radius 2 is 2.40 bits per heavy atom. The average molecular weight is 204 g/mol. The molecule has 0 aliphatic heterocycles. The zero-order chi connectivity index (χ0) is 7.56. The molecule has 1 heterocycles. The Kier molecular flexibility index (Phi) is 2.32. The number of rotatable bonds is 2. The summed E-state index contributed by atoms with van der Waals surface area (Å²) in [6.07, 6.45) is 0. The van der Waals surface area contributed by atoms with Gasteiger partial charge in [-0.2, -0.15) is 5.10 Å². The topological polar surface area (TPSA) is 40.7 Å². The van der Waals surface area contributed by atoms with E-state index in [1.165, 1.54) is 0 Å². The molecule has 10 heavy (non-hydrogen) atoms. The van der Waals surface area contributed by atoms with Gasteiger partial charge in [0.25, 0.3) is 0 Å². The Balaban J connectivity index is 2.83. The van der Waals surface area contributed by atoms with Crippen LogP contribution >= 0.6 is 15.9 Å². The van der Waals surface area contributed by atoms with Crippen LogP contribution in [0.4, 0.5) is 5.82 Å². The normalized spacial score (nSPS) is 9.90. The first-order chi connectivity index (χ1) is 4.75. The molecule has 0 bridgehead atoms. The van der Waals surface area contributed by atoms with Crippen molar-refractivity contribution < 1.29 is 0 Å². The van der Waals surface area contributed by atoms with Crippen LogP contribution < -0.4 is 5.32 Å². The van der Waals surface area contributed by atoms with Crippen LogP contribution in [-0.4, -0.2) is 16.7 Å². The van der Waals surface area contributed by atoms with E-state index in [1.54, 1.807) is 0 Å². The molecule has 0 fully saturated rings. The molecule has 56 valence electrons. The van der Waals surface area contributed by atoms with Crippen molar-refractivity contribution in [3.8, 4) is 0 Å². The van der Waals surface area contributed by atoms with E-state index in [2.05, 4.69) is 31.4 Å². The predicted octanol–water partition coefficient (Wildman–Crippen LogP) is 1.91. The Hall–Kier alpha value is -0.510. The van der Waals surface area contributed by atoms with E-state index in [4.69, 9.17) is 0 Å². The van der Waals surface area contributed by atoms with Crippen LogP contribution in [0.1, 0.15) is 12.6 Å². The van der Waals surface area contributed by atoms with E-state index in [1.807, 2.05) is 13.8 Å². The molecule has 0 aromatic carbocycles. The Bertz CT molecular complexity index is 219. The number of hydrogen-bond donors (Lipinski definition) is 2. The van der Waals surface area contributed by atoms with Crippen LogP contribution in [0.15, 0.2) is 4.47 Å². The number of hydrogen-bond acceptors (Lipinski definition) is 2. The molecule has 0 unspecified atom stereocenters. The fourth-order valence-electron chi connectivity index (χ4n) is 0.713. The SMILES string of the molecule is CCNc1[nH]nc(C)c1Br. The summed E-state index contributed by atoms with van der Waals surface area (Å²) in [6.45, 7) is 4.89. The minimum absolute atomic E-state index is 0.903. The second kappa shape index (κ2) is 3.05. The summed E-state index contributed by atoms with van der Waals surface area (Å²) in [4.78, 5) is 0. The van der Waals surface area contributed by atoms with Gasteiger partial charge in [-0.15, -0.1) is 0 Å². The molecule has 0 amide bonds. The lowest BCUT2D eigenvalue weighted by molar-refractivity contribution is 1.03. The maximum absolute atomic E-state index is 4.00. The molecule has 4 heteroatoms. The number of nitrogens with one attached hydrogen (secondary N) is 2. The zero-order valence-corrected chi connectivity index (χ0v) is 7.62. The highest BCUT2D eigenvalue weighted by Gasteiger charge is 2.03. The monoisotopic (exact) mass is 203 g/mol. The van der Waals surface area contributed by atoms with Gasteiger partial charge in [0.2, 0.25) is 0 Å². The third-order valence-electron chi connectivity index (χ3n) is 1.23. The standard InChI is InChI=1S/C6H10BrN3/c1-3-8-6-5(7)4(2)9-10-6/h3H2,1-2H3,(H2,8,9,10). The molecule has 1 aromatic heterocycles. The minimum Gasteiger partial charge on any atom is -0.370 e. The number of anilines is 1. The van der Waals surface area contributed by atoms with Crippen LogP contribution in [0.3, 0.4) is 0 Å². The lowest BCUT2D eigenvalue weighted by Crippen LogP contribution is -1.96. The molecule has 3 nitrogen and oxygen atoms in total. The molecular weight excluding hydrogens is 194 g/mol. The zero-order valence-electron chi connectivity index (χ0n) is 6.03. The predicted molar refractivity (Wildman–Crippen MR) is 45.2 cm³/mol. The minimum atomic E-state index is 0.903. The van der Waals surface area contributed by atoms with Crippen molar-refractivity contribution in [2.45, 2.75) is 13.8 Å². The molecule has 0 spiro atoms. The van der Waals surface area contributed by atoms with E-state index in [0.717, 1.165) is 22.5 Å². The van der Waals surface area contributed by atoms with Crippen LogP contribution in [0.5, 0.6) is 0 Å². The summed E-state index contributed by atoms with van der Waals surface area (Å²) in [7, 11) is 0. The van der Waals surface area contributed by atoms with Crippen LogP contribution in [0, 0.1) is 6.92 Å². The van der Waals surface area contributed by atoms with Gasteiger partial charge in [-0.25, -0.2) is 0 Å². The number of halogens is 1. The molecule has 1 aromatic rings. The highest BCUT2D eigenvalue weighted by Crippen LogP contribution is 2.21. The molecule has 0 atom stereocenters. The molecule has 0 saturated carbocycles. The summed E-state index contributed by atoms with van der Waals surface area (Å²) >= 11 is 3.39. The first kappa shape index (κ1) is 7.60. The van der Waals surface area contributed by atoms with Gasteiger partial charge >= 0.3 is 0 Å². The first-order valence-electron chi connectivity index (χ1n) is 3.20. The van der Waals surface area contributed by atoms with Gasteiger partial charge < -0.3 is 5.32 Å². The quantitative estimate of drug-likeness (QED) is 0.772. The third kappa shape index (κ3) is 1.31. The van der Waals surface area contributed by atoms with Gasteiger partial charge in [-0.3, -0.25) is 5.10 Å². The second-order valence-corrected chi connectivity index (χ2v) is 2.82. The Morgan fingerprint density at radius 3 is 2.80 bits per heavy atom. The van der Waals surface area contributed by atoms with E-state index in [-0.39, 0.29) is 0 Å². The van der Waals surface area contributed by atoms with Crippen molar-refractivity contribution in [2.75, 3.05) is 11.9 Å². The smallest absolute Gasteiger partial charge is 0.136 e. The number of aromatic amines is 1. The van der Waals surface area contributed by atoms with Crippen LogP contribution in [0.25, 0.3) is 0 Å². The average Bonchev–Trinajstić information content (AvgIpc) is 2.20. The number of aryl methyl sites for hydroxylation is 1. The summed E-state index contributed by atoms with van der Waals surface area (Å²) < 4.78 is 1.02. The van der Waals surface area contributed by atoms with Crippen molar-refractivity contribution >= 4 is 21.7 Å². The van der Waals surface area contributed by atoms with Gasteiger partial charge in [0, 0.05) is 6.54 Å². The van der Waals surface area contributed by atoms with E-state index in [0.29, 0.717) is 0 Å². The Morgan fingerprint density at radius 1 is 1.70 bits per heavy atom. The molecule has 0 aliphatic carbocycles. The van der Waals surface area contributed by atoms with E-state index >= 15 is 0 Å². The van der Waals surface area contributed by atoms with Crippen molar-refractivity contribution in [3.63, 3.8) is 0 Å². The van der Waals surface area contributed by atoms with Crippen molar-refractivity contribution in [3.05, 3.63) is 10.2 Å². The lowest BCUT2D eigenvalue weighted by Gasteiger charge is -1.97. The number of aromatic nitrogens is 2. The van der Waals surface area contributed by atoms with Crippen LogP contribution in [-0.2, 0) is 0 Å². The van der Waals surface area contributed by atoms with Crippen molar-refractivity contribution in [1.82, 2.24) is 10.2 Å². The van der Waals surface area contributed by atoms with E-state index in [9.17, 15) is 0 Å². The molecule has 0 radical (unpaired) electrons.